The number of nitrogens with zero attached hydrogens (tertiary/aromatic N) is 1. The molecule has 0 amide bonds. The van der Waals surface area contributed by atoms with Gasteiger partial charge in [0.15, 0.2) is 0 Å². The summed E-state index contributed by atoms with van der Waals surface area (Å²) in [7, 11) is 1.95. The summed E-state index contributed by atoms with van der Waals surface area (Å²) in [4.78, 5) is 0. The van der Waals surface area contributed by atoms with Gasteiger partial charge in [-0.3, -0.25) is 0 Å². The van der Waals surface area contributed by atoms with Crippen molar-refractivity contribution in [2.75, 3.05) is 7.05 Å². The standard InChI is InChI=1S/C6H13N3/c1-6-4-3-5-7-9(2)8-6/h3,5-8H,4H2,1-2H3. The fourth-order valence-electron chi connectivity index (χ4n) is 0.857. The molecule has 1 heterocycles. The fourth-order valence-corrected chi connectivity index (χ4v) is 0.857. The van der Waals surface area contributed by atoms with E-state index in [1.807, 2.05) is 18.4 Å². The van der Waals surface area contributed by atoms with Crippen LogP contribution in [0.1, 0.15) is 13.3 Å². The summed E-state index contributed by atoms with van der Waals surface area (Å²) in [5, 5.41) is 1.86. The van der Waals surface area contributed by atoms with Crippen LogP contribution < -0.4 is 10.9 Å². The van der Waals surface area contributed by atoms with E-state index in [-0.39, 0.29) is 0 Å². The number of hydrogen-bond donors (Lipinski definition) is 2. The van der Waals surface area contributed by atoms with Crippen LogP contribution in [-0.4, -0.2) is 18.2 Å². The highest BCUT2D eigenvalue weighted by molar-refractivity contribution is 4.84. The molecule has 3 heteroatoms. The van der Waals surface area contributed by atoms with Gasteiger partial charge in [0.05, 0.1) is 0 Å². The number of hydrogen-bond acceptors (Lipinski definition) is 3. The average Bonchev–Trinajstić information content (AvgIpc) is 1.93. The van der Waals surface area contributed by atoms with Crippen LogP contribution in [0, 0.1) is 0 Å². The minimum Gasteiger partial charge on any atom is -0.314 e. The molecule has 2 N–H and O–H groups in total. The van der Waals surface area contributed by atoms with Crippen molar-refractivity contribution in [2.24, 2.45) is 0 Å². The van der Waals surface area contributed by atoms with Crippen LogP contribution in [0.25, 0.3) is 0 Å². The van der Waals surface area contributed by atoms with Crippen LogP contribution in [0.3, 0.4) is 0 Å². The number of nitrogens with one attached hydrogen (secondary N) is 2. The van der Waals surface area contributed by atoms with E-state index in [9.17, 15) is 0 Å². The Morgan fingerprint density at radius 3 is 3.22 bits per heavy atom. The van der Waals surface area contributed by atoms with Crippen molar-refractivity contribution in [1.29, 1.82) is 0 Å². The van der Waals surface area contributed by atoms with Crippen molar-refractivity contribution in [3.05, 3.63) is 12.3 Å². The van der Waals surface area contributed by atoms with Crippen LogP contribution in [0.5, 0.6) is 0 Å². The van der Waals surface area contributed by atoms with Gasteiger partial charge in [-0.1, -0.05) is 6.08 Å². The Morgan fingerprint density at radius 2 is 2.44 bits per heavy atom. The molecule has 0 saturated heterocycles. The quantitative estimate of drug-likeness (QED) is 0.488. The maximum Gasteiger partial charge on any atom is 0.0239 e. The second-order valence-electron chi connectivity index (χ2n) is 2.36. The lowest BCUT2D eigenvalue weighted by Gasteiger charge is -2.18. The van der Waals surface area contributed by atoms with Crippen molar-refractivity contribution in [3.8, 4) is 0 Å². The topological polar surface area (TPSA) is 27.3 Å². The van der Waals surface area contributed by atoms with Crippen LogP contribution in [0.15, 0.2) is 12.3 Å². The van der Waals surface area contributed by atoms with E-state index in [1.165, 1.54) is 0 Å². The molecule has 1 aliphatic rings. The van der Waals surface area contributed by atoms with Gasteiger partial charge >= 0.3 is 0 Å². The van der Waals surface area contributed by atoms with Crippen molar-refractivity contribution < 1.29 is 0 Å². The highest BCUT2D eigenvalue weighted by Gasteiger charge is 2.03. The van der Waals surface area contributed by atoms with Crippen LogP contribution in [-0.2, 0) is 0 Å². The van der Waals surface area contributed by atoms with E-state index < -0.39 is 0 Å². The predicted octanol–water partition coefficient (Wildman–Crippen LogP) is 0.233. The zero-order valence-corrected chi connectivity index (χ0v) is 5.89. The summed E-state index contributed by atoms with van der Waals surface area (Å²) in [6.45, 7) is 2.15. The molecule has 52 valence electrons. The maximum atomic E-state index is 3.20. The summed E-state index contributed by atoms with van der Waals surface area (Å²) < 4.78 is 0. The van der Waals surface area contributed by atoms with Crippen molar-refractivity contribution in [3.63, 3.8) is 0 Å². The van der Waals surface area contributed by atoms with Gasteiger partial charge < -0.3 is 5.43 Å². The molecular weight excluding hydrogens is 114 g/mol. The predicted molar refractivity (Wildman–Crippen MR) is 37.3 cm³/mol. The zero-order valence-electron chi connectivity index (χ0n) is 5.89. The van der Waals surface area contributed by atoms with E-state index in [0.29, 0.717) is 6.04 Å². The molecule has 0 aromatic heterocycles. The van der Waals surface area contributed by atoms with Gasteiger partial charge in [0, 0.05) is 19.3 Å². The highest BCUT2D eigenvalue weighted by Crippen LogP contribution is 1.94. The molecule has 0 aromatic carbocycles. The molecule has 1 atom stereocenters. The van der Waals surface area contributed by atoms with Crippen LogP contribution in [0.4, 0.5) is 0 Å². The minimum atomic E-state index is 0.529. The molecule has 9 heavy (non-hydrogen) atoms. The maximum absolute atomic E-state index is 3.20. The van der Waals surface area contributed by atoms with E-state index >= 15 is 0 Å². The second kappa shape index (κ2) is 2.85. The Balaban J connectivity index is 2.40. The SMILES string of the molecule is CC1CC=CNN(C)N1. The van der Waals surface area contributed by atoms with E-state index in [2.05, 4.69) is 23.9 Å². The third-order valence-corrected chi connectivity index (χ3v) is 1.29. The van der Waals surface area contributed by atoms with Crippen molar-refractivity contribution in [1.82, 2.24) is 16.0 Å². The molecule has 0 aliphatic carbocycles. The third kappa shape index (κ3) is 2.03. The van der Waals surface area contributed by atoms with Gasteiger partial charge in [0.1, 0.15) is 0 Å². The molecule has 1 unspecified atom stereocenters. The first kappa shape index (κ1) is 6.58. The Hall–Kier alpha value is -0.540. The zero-order chi connectivity index (χ0) is 6.69. The Kier molecular flexibility index (Phi) is 2.08. The molecule has 0 radical (unpaired) electrons. The molecule has 0 spiro atoms. The molecule has 0 aromatic rings. The number of rotatable bonds is 0. The van der Waals surface area contributed by atoms with Gasteiger partial charge in [0.2, 0.25) is 0 Å². The molecular formula is C6H13N3. The van der Waals surface area contributed by atoms with Gasteiger partial charge in [-0.2, -0.15) is 5.12 Å². The molecule has 0 fully saturated rings. The van der Waals surface area contributed by atoms with Gasteiger partial charge in [-0.25, -0.2) is 5.43 Å². The minimum absolute atomic E-state index is 0.529. The smallest absolute Gasteiger partial charge is 0.0239 e. The Labute approximate surface area is 55.7 Å². The first-order valence-electron chi connectivity index (χ1n) is 3.20. The van der Waals surface area contributed by atoms with Crippen LogP contribution in [0.2, 0.25) is 0 Å². The first-order chi connectivity index (χ1) is 4.29. The van der Waals surface area contributed by atoms with Gasteiger partial charge in [-0.05, 0) is 13.3 Å². The molecule has 0 bridgehead atoms. The summed E-state index contributed by atoms with van der Waals surface area (Å²) in [6, 6.07) is 0.529. The summed E-state index contributed by atoms with van der Waals surface area (Å²) in [5.41, 5.74) is 6.22. The Bertz CT molecular complexity index is 98.9. The second-order valence-corrected chi connectivity index (χ2v) is 2.36. The van der Waals surface area contributed by atoms with Gasteiger partial charge in [-0.15, -0.1) is 0 Å². The van der Waals surface area contributed by atoms with Crippen molar-refractivity contribution in [2.45, 2.75) is 19.4 Å². The molecule has 3 nitrogen and oxygen atoms in total. The monoisotopic (exact) mass is 127 g/mol. The van der Waals surface area contributed by atoms with E-state index in [1.54, 1.807) is 0 Å². The molecule has 1 rings (SSSR count). The van der Waals surface area contributed by atoms with Crippen molar-refractivity contribution >= 4 is 0 Å². The number of hydrazine groups is 2. The largest absolute Gasteiger partial charge is 0.314 e. The van der Waals surface area contributed by atoms with Crippen LogP contribution >= 0.6 is 0 Å². The van der Waals surface area contributed by atoms with E-state index in [0.717, 1.165) is 6.42 Å². The average molecular weight is 127 g/mol. The molecule has 1 aliphatic heterocycles. The highest BCUT2D eigenvalue weighted by atomic mass is 15.7. The lowest BCUT2D eigenvalue weighted by atomic mass is 10.2. The third-order valence-electron chi connectivity index (χ3n) is 1.29. The lowest BCUT2D eigenvalue weighted by Crippen LogP contribution is -2.45. The normalized spacial score (nSPS) is 29.3. The summed E-state index contributed by atoms with van der Waals surface area (Å²) >= 11 is 0. The lowest BCUT2D eigenvalue weighted by molar-refractivity contribution is 0.166. The Morgan fingerprint density at radius 1 is 1.67 bits per heavy atom. The first-order valence-corrected chi connectivity index (χ1v) is 3.20. The summed E-state index contributed by atoms with van der Waals surface area (Å²) in [5.74, 6) is 0. The fraction of sp³-hybridized carbons (Fsp3) is 0.667. The van der Waals surface area contributed by atoms with E-state index in [4.69, 9.17) is 0 Å². The van der Waals surface area contributed by atoms with Gasteiger partial charge in [0.25, 0.3) is 0 Å². The molecule has 0 saturated carbocycles. The summed E-state index contributed by atoms with van der Waals surface area (Å²) in [6.07, 6.45) is 5.13.